The minimum absolute atomic E-state index is 0.182. The van der Waals surface area contributed by atoms with Gasteiger partial charge in [0, 0.05) is 30.6 Å². The van der Waals surface area contributed by atoms with Crippen LogP contribution in [0.15, 0.2) is 24.4 Å². The molecule has 0 aliphatic heterocycles. The van der Waals surface area contributed by atoms with Crippen molar-refractivity contribution in [2.24, 2.45) is 7.05 Å². The van der Waals surface area contributed by atoms with Crippen LogP contribution in [0.4, 0.5) is 0 Å². The molecule has 1 unspecified atom stereocenters. The van der Waals surface area contributed by atoms with Crippen LogP contribution in [-0.4, -0.2) is 18.0 Å². The number of carbonyl (C=O) groups excluding carboxylic acids is 1. The number of hydrogen-bond donors (Lipinski definition) is 0. The number of aldehydes is 1. The molecule has 0 saturated heterocycles. The molecule has 0 N–H and O–H groups in total. The van der Waals surface area contributed by atoms with Gasteiger partial charge in [-0.2, -0.15) is 0 Å². The van der Waals surface area contributed by atoms with E-state index in [1.807, 2.05) is 26.2 Å². The number of benzene rings is 1. The van der Waals surface area contributed by atoms with Crippen LogP contribution < -0.4 is 4.74 Å². The second-order valence-corrected chi connectivity index (χ2v) is 4.38. The Labute approximate surface area is 101 Å². The number of hydrogen-bond acceptors (Lipinski definition) is 2. The first-order valence-corrected chi connectivity index (χ1v) is 5.74. The minimum Gasteiger partial charge on any atom is -0.496 e. The molecule has 1 heterocycles. The van der Waals surface area contributed by atoms with E-state index in [1.54, 1.807) is 7.11 Å². The maximum atomic E-state index is 10.6. The predicted molar refractivity (Wildman–Crippen MR) is 68.6 cm³/mol. The molecule has 2 aromatic rings. The lowest BCUT2D eigenvalue weighted by Crippen LogP contribution is -1.99. The molecule has 17 heavy (non-hydrogen) atoms. The molecule has 0 spiro atoms. The lowest BCUT2D eigenvalue weighted by atomic mass is 9.96. The van der Waals surface area contributed by atoms with Gasteiger partial charge in [-0.15, -0.1) is 0 Å². The number of rotatable bonds is 4. The molecule has 0 aliphatic rings. The van der Waals surface area contributed by atoms with Crippen molar-refractivity contribution >= 4 is 17.2 Å². The molecule has 0 bridgehead atoms. The maximum Gasteiger partial charge on any atom is 0.123 e. The second-order valence-electron chi connectivity index (χ2n) is 4.38. The Balaban J connectivity index is 2.58. The molecule has 1 atom stereocenters. The van der Waals surface area contributed by atoms with Crippen molar-refractivity contribution < 1.29 is 9.53 Å². The monoisotopic (exact) mass is 231 g/mol. The zero-order valence-electron chi connectivity index (χ0n) is 10.4. The third-order valence-corrected chi connectivity index (χ3v) is 3.22. The van der Waals surface area contributed by atoms with Gasteiger partial charge in [-0.1, -0.05) is 6.92 Å². The van der Waals surface area contributed by atoms with Crippen LogP contribution in [0.2, 0.25) is 0 Å². The Morgan fingerprint density at radius 2 is 2.24 bits per heavy atom. The maximum absolute atomic E-state index is 10.6. The van der Waals surface area contributed by atoms with Gasteiger partial charge in [0.1, 0.15) is 12.0 Å². The summed E-state index contributed by atoms with van der Waals surface area (Å²) >= 11 is 0. The normalized spacial score (nSPS) is 12.6. The summed E-state index contributed by atoms with van der Waals surface area (Å²) in [6, 6.07) is 6.21. The largest absolute Gasteiger partial charge is 0.496 e. The summed E-state index contributed by atoms with van der Waals surface area (Å²) < 4.78 is 7.48. The first-order valence-electron chi connectivity index (χ1n) is 5.74. The standard InChI is InChI=1S/C14H17NO2/c1-10(5-7-16)12-9-13-11(4-6-15(13)2)8-14(12)17-3/h4,6-10H,5H2,1-3H3. The van der Waals surface area contributed by atoms with Crippen LogP contribution in [0, 0.1) is 0 Å². The Bertz CT molecular complexity index is 542. The van der Waals surface area contributed by atoms with E-state index in [2.05, 4.69) is 16.7 Å². The number of ether oxygens (including phenoxy) is 1. The Hall–Kier alpha value is -1.77. The quantitative estimate of drug-likeness (QED) is 0.758. The van der Waals surface area contributed by atoms with E-state index in [9.17, 15) is 4.79 Å². The van der Waals surface area contributed by atoms with Crippen LogP contribution in [-0.2, 0) is 11.8 Å². The molecule has 0 fully saturated rings. The zero-order chi connectivity index (χ0) is 12.4. The van der Waals surface area contributed by atoms with Gasteiger partial charge in [0.2, 0.25) is 0 Å². The Kier molecular flexibility index (Phi) is 3.18. The molecule has 3 nitrogen and oxygen atoms in total. The van der Waals surface area contributed by atoms with Crippen LogP contribution >= 0.6 is 0 Å². The smallest absolute Gasteiger partial charge is 0.123 e. The summed E-state index contributed by atoms with van der Waals surface area (Å²) in [4.78, 5) is 10.6. The molecular weight excluding hydrogens is 214 g/mol. The van der Waals surface area contributed by atoms with Crippen molar-refractivity contribution in [2.75, 3.05) is 7.11 Å². The molecule has 0 radical (unpaired) electrons. The van der Waals surface area contributed by atoms with Gasteiger partial charge >= 0.3 is 0 Å². The second kappa shape index (κ2) is 4.62. The van der Waals surface area contributed by atoms with Crippen molar-refractivity contribution in [3.8, 4) is 5.75 Å². The molecule has 0 aliphatic carbocycles. The van der Waals surface area contributed by atoms with Gasteiger partial charge in [0.25, 0.3) is 0 Å². The summed E-state index contributed by atoms with van der Waals surface area (Å²) in [7, 11) is 3.68. The average Bonchev–Trinajstić information content (AvgIpc) is 2.69. The van der Waals surface area contributed by atoms with Crippen LogP contribution in [0.25, 0.3) is 10.9 Å². The van der Waals surface area contributed by atoms with Crippen molar-refractivity contribution in [1.82, 2.24) is 4.57 Å². The number of nitrogens with zero attached hydrogens (tertiary/aromatic N) is 1. The van der Waals surface area contributed by atoms with E-state index in [0.29, 0.717) is 6.42 Å². The van der Waals surface area contributed by atoms with Crippen LogP contribution in [0.1, 0.15) is 24.8 Å². The van der Waals surface area contributed by atoms with E-state index >= 15 is 0 Å². The molecule has 0 amide bonds. The highest BCUT2D eigenvalue weighted by atomic mass is 16.5. The van der Waals surface area contributed by atoms with Gasteiger partial charge in [-0.25, -0.2) is 0 Å². The van der Waals surface area contributed by atoms with E-state index in [1.165, 1.54) is 5.52 Å². The highest BCUT2D eigenvalue weighted by Gasteiger charge is 2.13. The van der Waals surface area contributed by atoms with Gasteiger partial charge in [-0.3, -0.25) is 0 Å². The lowest BCUT2D eigenvalue weighted by Gasteiger charge is -2.14. The first kappa shape index (κ1) is 11.7. The fraction of sp³-hybridized carbons (Fsp3) is 0.357. The van der Waals surface area contributed by atoms with Gasteiger partial charge in [0.05, 0.1) is 7.11 Å². The van der Waals surface area contributed by atoms with E-state index in [-0.39, 0.29) is 5.92 Å². The zero-order valence-corrected chi connectivity index (χ0v) is 10.4. The topological polar surface area (TPSA) is 31.2 Å². The van der Waals surface area contributed by atoms with Crippen LogP contribution in [0.3, 0.4) is 0 Å². The predicted octanol–water partition coefficient (Wildman–Crippen LogP) is 2.88. The highest BCUT2D eigenvalue weighted by molar-refractivity contribution is 5.83. The summed E-state index contributed by atoms with van der Waals surface area (Å²) in [6.07, 6.45) is 3.50. The summed E-state index contributed by atoms with van der Waals surface area (Å²) in [5, 5.41) is 1.16. The molecular formula is C14H17NO2. The Morgan fingerprint density at radius 3 is 2.88 bits per heavy atom. The number of carbonyl (C=O) groups is 1. The van der Waals surface area contributed by atoms with Crippen molar-refractivity contribution in [3.05, 3.63) is 30.0 Å². The summed E-state index contributed by atoms with van der Waals surface area (Å²) in [6.45, 7) is 2.04. The molecule has 90 valence electrons. The first-order chi connectivity index (χ1) is 8.17. The van der Waals surface area contributed by atoms with Crippen molar-refractivity contribution in [1.29, 1.82) is 0 Å². The van der Waals surface area contributed by atoms with Gasteiger partial charge in [0.15, 0.2) is 0 Å². The summed E-state index contributed by atoms with van der Waals surface area (Å²) in [5.41, 5.74) is 2.26. The lowest BCUT2D eigenvalue weighted by molar-refractivity contribution is -0.108. The minimum atomic E-state index is 0.182. The average molecular weight is 231 g/mol. The van der Waals surface area contributed by atoms with Crippen molar-refractivity contribution in [2.45, 2.75) is 19.3 Å². The molecule has 1 aromatic carbocycles. The number of fused-ring (bicyclic) bond motifs is 1. The SMILES string of the molecule is COc1cc2ccn(C)c2cc1C(C)CC=O. The van der Waals surface area contributed by atoms with E-state index < -0.39 is 0 Å². The molecule has 1 aromatic heterocycles. The van der Waals surface area contributed by atoms with E-state index in [4.69, 9.17) is 4.74 Å². The summed E-state index contributed by atoms with van der Waals surface area (Å²) in [5.74, 6) is 1.04. The van der Waals surface area contributed by atoms with Gasteiger partial charge < -0.3 is 14.1 Å². The highest BCUT2D eigenvalue weighted by Crippen LogP contribution is 2.32. The number of aryl methyl sites for hydroxylation is 1. The number of aromatic nitrogens is 1. The van der Waals surface area contributed by atoms with Crippen molar-refractivity contribution in [3.63, 3.8) is 0 Å². The number of methoxy groups -OCH3 is 1. The molecule has 0 saturated carbocycles. The molecule has 3 heteroatoms. The van der Waals surface area contributed by atoms with E-state index in [0.717, 1.165) is 23.0 Å². The van der Waals surface area contributed by atoms with Crippen LogP contribution in [0.5, 0.6) is 5.75 Å². The Morgan fingerprint density at radius 1 is 1.47 bits per heavy atom. The fourth-order valence-corrected chi connectivity index (χ4v) is 2.14. The third kappa shape index (κ3) is 2.05. The van der Waals surface area contributed by atoms with Gasteiger partial charge in [-0.05, 0) is 29.7 Å². The third-order valence-electron chi connectivity index (χ3n) is 3.22. The fourth-order valence-electron chi connectivity index (χ4n) is 2.14. The molecule has 2 rings (SSSR count).